The van der Waals surface area contributed by atoms with Crippen molar-refractivity contribution in [1.82, 2.24) is 0 Å². The first-order valence-electron chi connectivity index (χ1n) is 8.92. The summed E-state index contributed by atoms with van der Waals surface area (Å²) in [6.45, 7) is 2.30. The Labute approximate surface area is 138 Å². The fourth-order valence-electron chi connectivity index (χ4n) is 5.86. The van der Waals surface area contributed by atoms with Crippen LogP contribution in [0, 0.1) is 17.3 Å². The number of rotatable bonds is 2. The minimum Gasteiger partial charge on any atom is -0.496 e. The quantitative estimate of drug-likeness (QED) is 0.846. The molecule has 1 aromatic rings. The number of benzene rings is 1. The predicted molar refractivity (Wildman–Crippen MR) is 89.0 cm³/mol. The number of ether oxygens (including phenoxy) is 1. The second-order valence-corrected chi connectivity index (χ2v) is 7.96. The molecular weight excluding hydrogens is 288 g/mol. The maximum Gasteiger partial charge on any atom is 0.153 e. The molecular formula is C20H26O3. The lowest BCUT2D eigenvalue weighted by molar-refractivity contribution is -0.0226. The molecule has 2 fully saturated rings. The highest BCUT2D eigenvalue weighted by atomic mass is 16.5. The summed E-state index contributed by atoms with van der Waals surface area (Å²) in [5, 5.41) is 10.5. The van der Waals surface area contributed by atoms with Crippen molar-refractivity contribution in [1.29, 1.82) is 0 Å². The van der Waals surface area contributed by atoms with Crippen molar-refractivity contribution < 1.29 is 14.6 Å². The van der Waals surface area contributed by atoms with Crippen molar-refractivity contribution in [3.8, 4) is 5.75 Å². The van der Waals surface area contributed by atoms with Crippen LogP contribution in [0.4, 0.5) is 0 Å². The minimum absolute atomic E-state index is 0.110. The van der Waals surface area contributed by atoms with E-state index in [0.29, 0.717) is 29.1 Å². The average Bonchev–Trinajstić information content (AvgIpc) is 2.88. The standard InChI is InChI=1S/C20H26O3/c1-20-8-7-14-15(17(20)5-6-19(20)22)4-3-12-10-18(23-2)13(11-21)9-16(12)14/h9-11,14-15,17,19,22H,3-8H2,1-2H3/t14-,15+,17-,19-,20-/m0/s1. The highest BCUT2D eigenvalue weighted by molar-refractivity contribution is 5.80. The van der Waals surface area contributed by atoms with Gasteiger partial charge in [-0.1, -0.05) is 6.92 Å². The largest absolute Gasteiger partial charge is 0.496 e. The van der Waals surface area contributed by atoms with E-state index >= 15 is 0 Å². The van der Waals surface area contributed by atoms with E-state index in [4.69, 9.17) is 4.74 Å². The number of aliphatic hydroxyl groups is 1. The summed E-state index contributed by atoms with van der Waals surface area (Å²) in [4.78, 5) is 11.4. The average molecular weight is 314 g/mol. The molecule has 1 aromatic carbocycles. The van der Waals surface area contributed by atoms with Crippen LogP contribution in [0.15, 0.2) is 12.1 Å². The van der Waals surface area contributed by atoms with Crippen LogP contribution in [0.25, 0.3) is 0 Å². The van der Waals surface area contributed by atoms with Gasteiger partial charge in [-0.25, -0.2) is 0 Å². The van der Waals surface area contributed by atoms with E-state index in [1.165, 1.54) is 17.5 Å². The molecule has 124 valence electrons. The van der Waals surface area contributed by atoms with Crippen LogP contribution in [-0.4, -0.2) is 24.6 Å². The molecule has 0 aromatic heterocycles. The zero-order valence-corrected chi connectivity index (χ0v) is 14.0. The van der Waals surface area contributed by atoms with Crippen LogP contribution >= 0.6 is 0 Å². The van der Waals surface area contributed by atoms with E-state index < -0.39 is 0 Å². The van der Waals surface area contributed by atoms with Crippen LogP contribution in [0.3, 0.4) is 0 Å². The molecule has 0 saturated heterocycles. The van der Waals surface area contributed by atoms with Gasteiger partial charge in [0.05, 0.1) is 18.8 Å². The smallest absolute Gasteiger partial charge is 0.153 e. The van der Waals surface area contributed by atoms with Crippen molar-refractivity contribution >= 4 is 6.29 Å². The third kappa shape index (κ3) is 2.09. The van der Waals surface area contributed by atoms with Crippen molar-refractivity contribution in [2.24, 2.45) is 17.3 Å². The molecule has 0 radical (unpaired) electrons. The molecule has 5 atom stereocenters. The van der Waals surface area contributed by atoms with E-state index in [1.807, 2.05) is 0 Å². The number of hydrogen-bond donors (Lipinski definition) is 1. The van der Waals surface area contributed by atoms with Crippen LogP contribution in [0.2, 0.25) is 0 Å². The zero-order chi connectivity index (χ0) is 16.2. The van der Waals surface area contributed by atoms with Crippen molar-refractivity contribution in [3.05, 3.63) is 28.8 Å². The fraction of sp³-hybridized carbons (Fsp3) is 0.650. The molecule has 3 aliphatic rings. The lowest BCUT2D eigenvalue weighted by atomic mass is 9.55. The Morgan fingerprint density at radius 2 is 2.09 bits per heavy atom. The Balaban J connectivity index is 1.73. The van der Waals surface area contributed by atoms with Gasteiger partial charge in [-0.2, -0.15) is 0 Å². The van der Waals surface area contributed by atoms with Crippen LogP contribution < -0.4 is 4.74 Å². The molecule has 0 bridgehead atoms. The lowest BCUT2D eigenvalue weighted by Gasteiger charge is -2.50. The van der Waals surface area contributed by atoms with Gasteiger partial charge in [0.2, 0.25) is 0 Å². The van der Waals surface area contributed by atoms with Gasteiger partial charge in [-0.3, -0.25) is 4.79 Å². The van der Waals surface area contributed by atoms with Crippen LogP contribution in [0.1, 0.15) is 66.4 Å². The fourth-order valence-corrected chi connectivity index (χ4v) is 5.86. The molecule has 3 nitrogen and oxygen atoms in total. The topological polar surface area (TPSA) is 46.5 Å². The molecule has 0 heterocycles. The molecule has 1 N–H and O–H groups in total. The number of carbonyl (C=O) groups is 1. The van der Waals surface area contributed by atoms with E-state index in [2.05, 4.69) is 19.1 Å². The first kappa shape index (κ1) is 15.2. The minimum atomic E-state index is -0.128. The summed E-state index contributed by atoms with van der Waals surface area (Å²) in [5.41, 5.74) is 3.51. The summed E-state index contributed by atoms with van der Waals surface area (Å²) >= 11 is 0. The Hall–Kier alpha value is -1.35. The van der Waals surface area contributed by atoms with Crippen LogP contribution in [-0.2, 0) is 6.42 Å². The lowest BCUT2D eigenvalue weighted by Crippen LogP contribution is -2.43. The third-order valence-electron chi connectivity index (χ3n) is 7.15. The van der Waals surface area contributed by atoms with E-state index in [0.717, 1.165) is 38.4 Å². The molecule has 3 heteroatoms. The normalized spacial score (nSPS) is 38.4. The number of methoxy groups -OCH3 is 1. The summed E-state index contributed by atoms with van der Waals surface area (Å²) in [6, 6.07) is 4.15. The Morgan fingerprint density at radius 3 is 2.83 bits per heavy atom. The van der Waals surface area contributed by atoms with E-state index in [9.17, 15) is 9.90 Å². The SMILES string of the molecule is COc1cc2c(cc1C=O)[C@H]1CC[C@]3(C)[C@@H](O)CC[C@H]3[C@@H]1CC2. The van der Waals surface area contributed by atoms with Gasteiger partial charge >= 0.3 is 0 Å². The first-order chi connectivity index (χ1) is 11.1. The molecule has 0 unspecified atom stereocenters. The molecule has 23 heavy (non-hydrogen) atoms. The number of carbonyl (C=O) groups excluding carboxylic acids is 1. The molecule has 4 rings (SSSR count). The van der Waals surface area contributed by atoms with Gasteiger partial charge in [0.1, 0.15) is 5.75 Å². The van der Waals surface area contributed by atoms with Gasteiger partial charge in [0.15, 0.2) is 6.29 Å². The zero-order valence-electron chi connectivity index (χ0n) is 14.0. The van der Waals surface area contributed by atoms with Crippen molar-refractivity contribution in [3.63, 3.8) is 0 Å². The number of aldehydes is 1. The first-order valence-corrected chi connectivity index (χ1v) is 8.92. The highest BCUT2D eigenvalue weighted by Gasteiger charge is 2.54. The predicted octanol–water partition coefficient (Wildman–Crippen LogP) is 3.72. The number of fused-ring (bicyclic) bond motifs is 5. The van der Waals surface area contributed by atoms with Crippen LogP contribution in [0.5, 0.6) is 5.75 Å². The third-order valence-corrected chi connectivity index (χ3v) is 7.15. The maximum atomic E-state index is 11.4. The van der Waals surface area contributed by atoms with Gasteiger partial charge < -0.3 is 9.84 Å². The summed E-state index contributed by atoms with van der Waals surface area (Å²) in [6.07, 6.45) is 7.40. The molecule has 0 spiro atoms. The molecule has 2 saturated carbocycles. The Kier molecular flexibility index (Phi) is 3.53. The van der Waals surface area contributed by atoms with Gasteiger partial charge in [-0.05, 0) is 85.0 Å². The highest BCUT2D eigenvalue weighted by Crippen LogP contribution is 2.61. The van der Waals surface area contributed by atoms with E-state index in [1.54, 1.807) is 7.11 Å². The summed E-state index contributed by atoms with van der Waals surface area (Å²) < 4.78 is 5.37. The maximum absolute atomic E-state index is 11.4. The molecule has 0 amide bonds. The number of hydrogen-bond acceptors (Lipinski definition) is 3. The summed E-state index contributed by atoms with van der Waals surface area (Å²) in [7, 11) is 1.63. The Bertz CT molecular complexity index is 638. The van der Waals surface area contributed by atoms with E-state index in [-0.39, 0.29) is 11.5 Å². The molecule has 3 aliphatic carbocycles. The second-order valence-electron chi connectivity index (χ2n) is 7.96. The second kappa shape index (κ2) is 5.34. The van der Waals surface area contributed by atoms with Gasteiger partial charge in [0, 0.05) is 0 Å². The summed E-state index contributed by atoms with van der Waals surface area (Å²) in [5.74, 6) is 2.54. The Morgan fingerprint density at radius 1 is 1.26 bits per heavy atom. The monoisotopic (exact) mass is 314 g/mol. The number of aliphatic hydroxyl groups excluding tert-OH is 1. The van der Waals surface area contributed by atoms with Gasteiger partial charge in [-0.15, -0.1) is 0 Å². The number of aryl methyl sites for hydroxylation is 1. The van der Waals surface area contributed by atoms with Crippen molar-refractivity contribution in [2.75, 3.05) is 7.11 Å². The molecule has 0 aliphatic heterocycles. The van der Waals surface area contributed by atoms with Crippen molar-refractivity contribution in [2.45, 2.75) is 57.5 Å². The van der Waals surface area contributed by atoms with Gasteiger partial charge in [0.25, 0.3) is 0 Å².